The van der Waals surface area contributed by atoms with Gasteiger partial charge in [0.05, 0.1) is 10.7 Å². The Morgan fingerprint density at radius 1 is 1.26 bits per heavy atom. The number of nitrogens with zero attached hydrogens (tertiary/aromatic N) is 1. The Bertz CT molecular complexity index is 507. The van der Waals surface area contributed by atoms with Crippen molar-refractivity contribution in [3.8, 4) is 0 Å². The molecular formula is C15H19ClN2S. The summed E-state index contributed by atoms with van der Waals surface area (Å²) in [4.78, 5) is 4.56. The summed E-state index contributed by atoms with van der Waals surface area (Å²) in [7, 11) is 2.00. The van der Waals surface area contributed by atoms with Crippen LogP contribution in [0.3, 0.4) is 0 Å². The van der Waals surface area contributed by atoms with E-state index in [-0.39, 0.29) is 0 Å². The second-order valence-electron chi connectivity index (χ2n) is 4.82. The maximum Gasteiger partial charge on any atom is 0.0897 e. The summed E-state index contributed by atoms with van der Waals surface area (Å²) in [6.45, 7) is 3.06. The minimum absolute atomic E-state index is 0.563. The molecule has 102 valence electrons. The lowest BCUT2D eigenvalue weighted by molar-refractivity contribution is 0.489. The molecule has 2 rings (SSSR count). The molecule has 0 amide bonds. The van der Waals surface area contributed by atoms with Crippen molar-refractivity contribution in [2.24, 2.45) is 5.92 Å². The second-order valence-corrected chi connectivity index (χ2v) is 6.31. The van der Waals surface area contributed by atoms with Crippen LogP contribution in [0.15, 0.2) is 29.6 Å². The topological polar surface area (TPSA) is 24.9 Å². The van der Waals surface area contributed by atoms with E-state index < -0.39 is 0 Å². The van der Waals surface area contributed by atoms with Crippen LogP contribution in [0.25, 0.3) is 0 Å². The normalized spacial score (nSPS) is 12.6. The number of hydrogen-bond donors (Lipinski definition) is 1. The molecular weight excluding hydrogens is 276 g/mol. The van der Waals surface area contributed by atoms with E-state index in [0.29, 0.717) is 5.92 Å². The molecule has 0 fully saturated rings. The lowest BCUT2D eigenvalue weighted by Gasteiger charge is -2.15. The third kappa shape index (κ3) is 4.60. The molecule has 1 N–H and O–H groups in total. The zero-order valence-corrected chi connectivity index (χ0v) is 12.9. The van der Waals surface area contributed by atoms with Crippen molar-refractivity contribution in [3.05, 3.63) is 50.9 Å². The van der Waals surface area contributed by atoms with E-state index in [1.807, 2.05) is 19.2 Å². The number of benzene rings is 1. The van der Waals surface area contributed by atoms with Crippen molar-refractivity contribution in [2.45, 2.75) is 19.8 Å². The molecule has 0 spiro atoms. The molecule has 0 radical (unpaired) electrons. The van der Waals surface area contributed by atoms with Crippen LogP contribution in [0.2, 0.25) is 5.02 Å². The van der Waals surface area contributed by atoms with Crippen molar-refractivity contribution in [1.29, 1.82) is 0 Å². The number of aromatic nitrogens is 1. The predicted molar refractivity (Wildman–Crippen MR) is 83.1 cm³/mol. The highest BCUT2D eigenvalue weighted by molar-refractivity contribution is 7.09. The molecule has 1 unspecified atom stereocenters. The van der Waals surface area contributed by atoms with Crippen molar-refractivity contribution in [3.63, 3.8) is 0 Å². The Balaban J connectivity index is 2.01. The maximum absolute atomic E-state index is 5.92. The van der Waals surface area contributed by atoms with Crippen molar-refractivity contribution < 1.29 is 0 Å². The van der Waals surface area contributed by atoms with Gasteiger partial charge in [0.2, 0.25) is 0 Å². The monoisotopic (exact) mass is 294 g/mol. The molecule has 0 bridgehead atoms. The number of aryl methyl sites for hydroxylation is 1. The molecule has 1 aromatic heterocycles. The van der Waals surface area contributed by atoms with Crippen LogP contribution in [0.4, 0.5) is 0 Å². The van der Waals surface area contributed by atoms with Crippen LogP contribution in [-0.4, -0.2) is 18.6 Å². The van der Waals surface area contributed by atoms with E-state index in [1.165, 1.54) is 11.3 Å². The van der Waals surface area contributed by atoms with Gasteiger partial charge in [-0.25, -0.2) is 4.98 Å². The van der Waals surface area contributed by atoms with E-state index in [9.17, 15) is 0 Å². The quantitative estimate of drug-likeness (QED) is 0.878. The van der Waals surface area contributed by atoms with E-state index >= 15 is 0 Å². The first-order valence-corrected chi connectivity index (χ1v) is 7.73. The van der Waals surface area contributed by atoms with Crippen molar-refractivity contribution in [2.75, 3.05) is 13.6 Å². The van der Waals surface area contributed by atoms with E-state index in [1.54, 1.807) is 11.3 Å². The molecule has 4 heteroatoms. The average Bonchev–Trinajstić information content (AvgIpc) is 2.78. The summed E-state index contributed by atoms with van der Waals surface area (Å²) < 4.78 is 0. The molecule has 1 atom stereocenters. The van der Waals surface area contributed by atoms with Gasteiger partial charge in [-0.2, -0.15) is 0 Å². The smallest absolute Gasteiger partial charge is 0.0897 e. The molecule has 0 aliphatic carbocycles. The minimum Gasteiger partial charge on any atom is -0.319 e. The fourth-order valence-corrected chi connectivity index (χ4v) is 3.01. The Kier molecular flexibility index (Phi) is 5.37. The first-order chi connectivity index (χ1) is 9.17. The molecule has 2 nitrogen and oxygen atoms in total. The van der Waals surface area contributed by atoms with Gasteiger partial charge in [-0.05, 0) is 57.0 Å². The average molecular weight is 295 g/mol. The van der Waals surface area contributed by atoms with Gasteiger partial charge in [0, 0.05) is 10.4 Å². The second kappa shape index (κ2) is 7.04. The van der Waals surface area contributed by atoms with Gasteiger partial charge in [0.15, 0.2) is 0 Å². The number of nitrogens with one attached hydrogen (secondary N) is 1. The van der Waals surface area contributed by atoms with Crippen molar-refractivity contribution in [1.82, 2.24) is 10.3 Å². The Labute approximate surface area is 123 Å². The first-order valence-electron chi connectivity index (χ1n) is 6.47. The summed E-state index contributed by atoms with van der Waals surface area (Å²) >= 11 is 7.64. The highest BCUT2D eigenvalue weighted by atomic mass is 35.5. The summed E-state index contributed by atoms with van der Waals surface area (Å²) in [5, 5.41) is 7.38. The minimum atomic E-state index is 0.563. The fraction of sp³-hybridized carbons (Fsp3) is 0.400. The zero-order chi connectivity index (χ0) is 13.7. The number of hydrogen-bond acceptors (Lipinski definition) is 3. The Morgan fingerprint density at radius 3 is 2.58 bits per heavy atom. The molecule has 0 aliphatic heterocycles. The molecule has 0 saturated carbocycles. The van der Waals surface area contributed by atoms with Crippen molar-refractivity contribution >= 4 is 22.9 Å². The predicted octanol–water partition coefficient (Wildman–Crippen LogP) is 3.73. The van der Waals surface area contributed by atoms with Gasteiger partial charge in [-0.15, -0.1) is 11.3 Å². The summed E-state index contributed by atoms with van der Waals surface area (Å²) in [6.07, 6.45) is 2.07. The van der Waals surface area contributed by atoms with E-state index in [0.717, 1.165) is 29.4 Å². The third-order valence-electron chi connectivity index (χ3n) is 3.09. The Hall–Kier alpha value is -0.900. The highest BCUT2D eigenvalue weighted by Crippen LogP contribution is 2.18. The van der Waals surface area contributed by atoms with Crippen LogP contribution in [-0.2, 0) is 12.8 Å². The molecule has 1 heterocycles. The van der Waals surface area contributed by atoms with E-state index in [2.05, 4.69) is 34.7 Å². The van der Waals surface area contributed by atoms with E-state index in [4.69, 9.17) is 11.6 Å². The van der Waals surface area contributed by atoms with Gasteiger partial charge in [-0.3, -0.25) is 0 Å². The number of thiazole rings is 1. The van der Waals surface area contributed by atoms with Gasteiger partial charge < -0.3 is 5.32 Å². The van der Waals surface area contributed by atoms with Gasteiger partial charge in [0.1, 0.15) is 0 Å². The lowest BCUT2D eigenvalue weighted by Crippen LogP contribution is -2.22. The number of rotatable bonds is 6. The summed E-state index contributed by atoms with van der Waals surface area (Å²) in [5.74, 6) is 0.563. The summed E-state index contributed by atoms with van der Waals surface area (Å²) in [5.41, 5.74) is 2.54. The maximum atomic E-state index is 5.92. The Morgan fingerprint density at radius 2 is 2.00 bits per heavy atom. The molecule has 1 aromatic carbocycles. The molecule has 0 aliphatic rings. The zero-order valence-electron chi connectivity index (χ0n) is 11.3. The van der Waals surface area contributed by atoms with Crippen LogP contribution in [0.1, 0.15) is 16.3 Å². The largest absolute Gasteiger partial charge is 0.319 e. The summed E-state index contributed by atoms with van der Waals surface area (Å²) in [6, 6.07) is 8.13. The van der Waals surface area contributed by atoms with Gasteiger partial charge in [0.25, 0.3) is 0 Å². The van der Waals surface area contributed by atoms with Crippen LogP contribution in [0, 0.1) is 12.8 Å². The van der Waals surface area contributed by atoms with Gasteiger partial charge >= 0.3 is 0 Å². The highest BCUT2D eigenvalue weighted by Gasteiger charge is 2.12. The number of halogens is 1. The van der Waals surface area contributed by atoms with Crippen LogP contribution in [0.5, 0.6) is 0 Å². The molecule has 19 heavy (non-hydrogen) atoms. The van der Waals surface area contributed by atoms with Crippen LogP contribution < -0.4 is 5.32 Å². The first kappa shape index (κ1) is 14.5. The standard InChI is InChI=1S/C15H19ClN2S/c1-11-18-15(10-19-11)8-13(9-17-2)7-12-3-5-14(16)6-4-12/h3-6,10,13,17H,7-9H2,1-2H3. The fourth-order valence-electron chi connectivity index (χ4n) is 2.26. The molecule has 0 saturated heterocycles. The lowest BCUT2D eigenvalue weighted by atomic mass is 9.95. The SMILES string of the molecule is CNCC(Cc1ccc(Cl)cc1)Cc1csc(C)n1. The molecule has 2 aromatic rings. The van der Waals surface area contributed by atoms with Crippen LogP contribution >= 0.6 is 22.9 Å². The van der Waals surface area contributed by atoms with Gasteiger partial charge in [-0.1, -0.05) is 23.7 Å². The third-order valence-corrected chi connectivity index (χ3v) is 4.17.